The molecular weight excluding hydrogens is 392 g/mol. The molecule has 24 heavy (non-hydrogen) atoms. The van der Waals surface area contributed by atoms with E-state index in [4.69, 9.17) is 22.8 Å². The molecule has 122 valence electrons. The Morgan fingerprint density at radius 3 is 2.92 bits per heavy atom. The molecule has 0 saturated heterocycles. The van der Waals surface area contributed by atoms with Crippen molar-refractivity contribution in [1.82, 2.24) is 5.43 Å². The van der Waals surface area contributed by atoms with Gasteiger partial charge in [-0.2, -0.15) is 5.10 Å². The van der Waals surface area contributed by atoms with Crippen LogP contribution >= 0.6 is 27.5 Å². The number of benzene rings is 2. The molecule has 2 rings (SSSR count). The van der Waals surface area contributed by atoms with Crippen LogP contribution in [0.25, 0.3) is 0 Å². The van der Waals surface area contributed by atoms with Gasteiger partial charge in [0.25, 0.3) is 5.91 Å². The van der Waals surface area contributed by atoms with Crippen molar-refractivity contribution >= 4 is 39.7 Å². The van der Waals surface area contributed by atoms with E-state index in [1.807, 2.05) is 19.1 Å². The van der Waals surface area contributed by atoms with Crippen molar-refractivity contribution in [2.75, 3.05) is 6.61 Å². The molecular formula is C18H14BrClN2O2. The Morgan fingerprint density at radius 2 is 2.21 bits per heavy atom. The lowest BCUT2D eigenvalue weighted by molar-refractivity contribution is 0.0955. The molecule has 0 radical (unpaired) electrons. The highest BCUT2D eigenvalue weighted by Gasteiger charge is 2.07. The largest absolute Gasteiger partial charge is 0.480 e. The summed E-state index contributed by atoms with van der Waals surface area (Å²) >= 11 is 9.40. The van der Waals surface area contributed by atoms with Gasteiger partial charge in [-0.15, -0.1) is 6.42 Å². The Hall–Kier alpha value is -2.29. The fourth-order valence-electron chi connectivity index (χ4n) is 1.83. The highest BCUT2D eigenvalue weighted by molar-refractivity contribution is 9.10. The van der Waals surface area contributed by atoms with Crippen molar-refractivity contribution in [3.8, 4) is 18.1 Å². The van der Waals surface area contributed by atoms with Gasteiger partial charge in [-0.25, -0.2) is 5.43 Å². The number of hydrogen-bond acceptors (Lipinski definition) is 3. The van der Waals surface area contributed by atoms with Crippen LogP contribution < -0.4 is 10.2 Å². The van der Waals surface area contributed by atoms with E-state index in [-0.39, 0.29) is 12.5 Å². The number of nitrogens with one attached hydrogen (secondary N) is 1. The van der Waals surface area contributed by atoms with Crippen LogP contribution in [0.1, 0.15) is 21.5 Å². The summed E-state index contributed by atoms with van der Waals surface area (Å²) in [5.74, 6) is 2.63. The fraction of sp³-hybridized carbons (Fsp3) is 0.111. The SMILES string of the molecule is C#CCOc1ccc(Br)cc1/C=N\NC(=O)c1ccc(C)c(Cl)c1. The molecule has 4 nitrogen and oxygen atoms in total. The predicted molar refractivity (Wildman–Crippen MR) is 99.7 cm³/mol. The van der Waals surface area contributed by atoms with Crippen molar-refractivity contribution in [3.63, 3.8) is 0 Å². The minimum absolute atomic E-state index is 0.150. The number of carbonyl (C=O) groups excluding carboxylic acids is 1. The standard InChI is InChI=1S/C18H14BrClN2O2/c1-3-8-24-17-7-6-15(19)9-14(17)11-21-22-18(23)13-5-4-12(2)16(20)10-13/h1,4-7,9-11H,8H2,2H3,(H,22,23)/b21-11-. The molecule has 2 aromatic rings. The van der Waals surface area contributed by atoms with E-state index >= 15 is 0 Å². The van der Waals surface area contributed by atoms with Gasteiger partial charge in [0.2, 0.25) is 0 Å². The summed E-state index contributed by atoms with van der Waals surface area (Å²) in [6.45, 7) is 2.02. The van der Waals surface area contributed by atoms with Gasteiger partial charge in [-0.3, -0.25) is 4.79 Å². The quantitative estimate of drug-likeness (QED) is 0.461. The van der Waals surface area contributed by atoms with Crippen LogP contribution in [0.5, 0.6) is 5.75 Å². The van der Waals surface area contributed by atoms with Crippen LogP contribution in [-0.4, -0.2) is 18.7 Å². The maximum absolute atomic E-state index is 12.1. The molecule has 0 aromatic heterocycles. The minimum Gasteiger partial charge on any atom is -0.480 e. The van der Waals surface area contributed by atoms with Crippen LogP contribution in [-0.2, 0) is 0 Å². The average Bonchev–Trinajstić information content (AvgIpc) is 2.56. The first-order valence-corrected chi connectivity index (χ1v) is 8.13. The third-order valence-corrected chi connectivity index (χ3v) is 3.99. The number of amides is 1. The Bertz CT molecular complexity index is 828. The van der Waals surface area contributed by atoms with Gasteiger partial charge in [0.1, 0.15) is 12.4 Å². The molecule has 0 aliphatic carbocycles. The predicted octanol–water partition coefficient (Wildman–Crippen LogP) is 4.19. The van der Waals surface area contributed by atoms with Crippen LogP contribution in [0.2, 0.25) is 5.02 Å². The number of hydrazone groups is 1. The molecule has 1 N–H and O–H groups in total. The van der Waals surface area contributed by atoms with Gasteiger partial charge in [0, 0.05) is 20.6 Å². The Kier molecular flexibility index (Phi) is 6.42. The Labute approximate surface area is 154 Å². The van der Waals surface area contributed by atoms with Gasteiger partial charge in [-0.05, 0) is 42.8 Å². The summed E-state index contributed by atoms with van der Waals surface area (Å²) in [5, 5.41) is 4.49. The molecule has 0 bridgehead atoms. The summed E-state index contributed by atoms with van der Waals surface area (Å²) in [4.78, 5) is 12.1. The summed E-state index contributed by atoms with van der Waals surface area (Å²) in [5.41, 5.74) is 4.48. The Balaban J connectivity index is 2.10. The van der Waals surface area contributed by atoms with Gasteiger partial charge < -0.3 is 4.74 Å². The van der Waals surface area contributed by atoms with E-state index in [9.17, 15) is 4.79 Å². The highest BCUT2D eigenvalue weighted by atomic mass is 79.9. The van der Waals surface area contributed by atoms with Crippen LogP contribution in [0.4, 0.5) is 0 Å². The lowest BCUT2D eigenvalue weighted by atomic mass is 10.1. The van der Waals surface area contributed by atoms with Gasteiger partial charge >= 0.3 is 0 Å². The number of nitrogens with zero attached hydrogens (tertiary/aromatic N) is 1. The van der Waals surface area contributed by atoms with E-state index in [0.717, 1.165) is 10.0 Å². The summed E-state index contributed by atoms with van der Waals surface area (Å²) in [7, 11) is 0. The molecule has 0 heterocycles. The molecule has 0 aliphatic rings. The number of aryl methyl sites for hydroxylation is 1. The molecule has 0 atom stereocenters. The van der Waals surface area contributed by atoms with Crippen LogP contribution in [0.3, 0.4) is 0 Å². The van der Waals surface area contributed by atoms with Crippen LogP contribution in [0.15, 0.2) is 46.0 Å². The first kappa shape index (κ1) is 18.1. The number of halogens is 2. The molecule has 0 aliphatic heterocycles. The van der Waals surface area contributed by atoms with E-state index < -0.39 is 0 Å². The van der Waals surface area contributed by atoms with E-state index in [0.29, 0.717) is 21.9 Å². The molecule has 6 heteroatoms. The van der Waals surface area contributed by atoms with E-state index in [2.05, 4.69) is 32.4 Å². The first-order valence-electron chi connectivity index (χ1n) is 6.96. The zero-order valence-electron chi connectivity index (χ0n) is 12.8. The number of carbonyl (C=O) groups is 1. The van der Waals surface area contributed by atoms with E-state index in [1.54, 1.807) is 24.3 Å². The maximum Gasteiger partial charge on any atom is 0.271 e. The lowest BCUT2D eigenvalue weighted by Crippen LogP contribution is -2.17. The van der Waals surface area contributed by atoms with Crippen molar-refractivity contribution in [2.24, 2.45) is 5.10 Å². The van der Waals surface area contributed by atoms with Gasteiger partial charge in [0.05, 0.1) is 6.21 Å². The Morgan fingerprint density at radius 1 is 1.42 bits per heavy atom. The summed E-state index contributed by atoms with van der Waals surface area (Å²) in [6.07, 6.45) is 6.69. The normalized spacial score (nSPS) is 10.4. The van der Waals surface area contributed by atoms with Gasteiger partial charge in [-0.1, -0.05) is 39.5 Å². The summed E-state index contributed by atoms with van der Waals surface area (Å²) in [6, 6.07) is 10.5. The smallest absolute Gasteiger partial charge is 0.271 e. The monoisotopic (exact) mass is 404 g/mol. The highest BCUT2D eigenvalue weighted by Crippen LogP contribution is 2.21. The van der Waals surface area contributed by atoms with E-state index in [1.165, 1.54) is 6.21 Å². The second-order valence-electron chi connectivity index (χ2n) is 4.84. The number of hydrogen-bond donors (Lipinski definition) is 1. The lowest BCUT2D eigenvalue weighted by Gasteiger charge is -2.07. The second-order valence-corrected chi connectivity index (χ2v) is 6.16. The maximum atomic E-state index is 12.1. The molecule has 2 aromatic carbocycles. The number of terminal acetylenes is 1. The first-order chi connectivity index (χ1) is 11.5. The number of ether oxygens (including phenoxy) is 1. The molecule has 0 unspecified atom stereocenters. The average molecular weight is 406 g/mol. The topological polar surface area (TPSA) is 50.7 Å². The van der Waals surface area contributed by atoms with Crippen molar-refractivity contribution in [3.05, 3.63) is 62.6 Å². The molecule has 0 spiro atoms. The number of rotatable bonds is 5. The molecule has 0 saturated carbocycles. The van der Waals surface area contributed by atoms with Crippen molar-refractivity contribution in [2.45, 2.75) is 6.92 Å². The fourth-order valence-corrected chi connectivity index (χ4v) is 2.39. The van der Waals surface area contributed by atoms with Gasteiger partial charge in [0.15, 0.2) is 0 Å². The molecule has 1 amide bonds. The zero-order chi connectivity index (χ0) is 17.5. The minimum atomic E-state index is -0.353. The van der Waals surface area contributed by atoms with Crippen LogP contribution in [0, 0.1) is 19.3 Å². The third-order valence-electron chi connectivity index (χ3n) is 3.09. The zero-order valence-corrected chi connectivity index (χ0v) is 15.2. The van der Waals surface area contributed by atoms with Crippen molar-refractivity contribution in [1.29, 1.82) is 0 Å². The second kappa shape index (κ2) is 8.53. The summed E-state index contributed by atoms with van der Waals surface area (Å²) < 4.78 is 6.29. The van der Waals surface area contributed by atoms with Crippen molar-refractivity contribution < 1.29 is 9.53 Å². The third kappa shape index (κ3) is 4.85. The molecule has 0 fully saturated rings.